The molecule has 0 aliphatic heterocycles. The normalized spacial score (nSPS) is 10.6. The lowest BCUT2D eigenvalue weighted by molar-refractivity contribution is 0.0699. The molecule has 2 rings (SSSR count). The molecule has 0 radical (unpaired) electrons. The lowest BCUT2D eigenvalue weighted by Gasteiger charge is -1.98. The van der Waals surface area contributed by atoms with Gasteiger partial charge in [-0.3, -0.25) is 0 Å². The Kier molecular flexibility index (Phi) is 1.78. The van der Waals surface area contributed by atoms with E-state index in [1.807, 2.05) is 0 Å². The molecule has 6 nitrogen and oxygen atoms in total. The fourth-order valence-corrected chi connectivity index (χ4v) is 1.19. The molecule has 72 valence electrons. The second kappa shape index (κ2) is 2.85. The van der Waals surface area contributed by atoms with Gasteiger partial charge in [0.2, 0.25) is 0 Å². The number of anilines is 1. The van der Waals surface area contributed by atoms with Gasteiger partial charge in [0.05, 0.1) is 12.4 Å². The van der Waals surface area contributed by atoms with Gasteiger partial charge < -0.3 is 10.8 Å². The summed E-state index contributed by atoms with van der Waals surface area (Å²) in [6.07, 6.45) is 2.60. The van der Waals surface area contributed by atoms with E-state index >= 15 is 0 Å². The van der Waals surface area contributed by atoms with Gasteiger partial charge in [0.1, 0.15) is 16.4 Å². The van der Waals surface area contributed by atoms with E-state index < -0.39 is 5.97 Å². The molecule has 0 spiro atoms. The van der Waals surface area contributed by atoms with E-state index in [1.165, 1.54) is 16.9 Å². The van der Waals surface area contributed by atoms with Gasteiger partial charge in [-0.1, -0.05) is 11.6 Å². The number of nitrogens with zero attached hydrogens (tertiary/aromatic N) is 3. The van der Waals surface area contributed by atoms with Crippen molar-refractivity contribution in [3.05, 3.63) is 23.0 Å². The third-order valence-electron chi connectivity index (χ3n) is 1.71. The quantitative estimate of drug-likeness (QED) is 0.724. The molecule has 0 aliphatic carbocycles. The predicted molar refractivity (Wildman–Crippen MR) is 49.4 cm³/mol. The summed E-state index contributed by atoms with van der Waals surface area (Å²) in [5.74, 6) is -1.02. The van der Waals surface area contributed by atoms with Crippen molar-refractivity contribution >= 4 is 29.0 Å². The van der Waals surface area contributed by atoms with Crippen LogP contribution in [0.1, 0.15) is 10.4 Å². The van der Waals surface area contributed by atoms with Crippen molar-refractivity contribution in [2.45, 2.75) is 0 Å². The van der Waals surface area contributed by atoms with Crippen LogP contribution in [-0.2, 0) is 0 Å². The average Bonchev–Trinajstić information content (AvgIpc) is 2.48. The van der Waals surface area contributed by atoms with E-state index in [1.54, 1.807) is 0 Å². The zero-order valence-electron chi connectivity index (χ0n) is 6.81. The van der Waals surface area contributed by atoms with Crippen LogP contribution in [0.25, 0.3) is 5.65 Å². The predicted octanol–water partition coefficient (Wildman–Crippen LogP) is 0.663. The minimum absolute atomic E-state index is 0.00614. The molecular weight excluding hydrogens is 208 g/mol. The van der Waals surface area contributed by atoms with Crippen LogP contribution in [-0.4, -0.2) is 25.7 Å². The number of fused-ring (bicyclic) bond motifs is 1. The minimum Gasteiger partial charge on any atom is -0.477 e. The zero-order chi connectivity index (χ0) is 10.3. The maximum atomic E-state index is 10.7. The SMILES string of the molecule is Nc1nc2c(C(=O)O)cnn2cc1Cl. The third kappa shape index (κ3) is 1.16. The van der Waals surface area contributed by atoms with Crippen LogP contribution in [0.15, 0.2) is 12.4 Å². The van der Waals surface area contributed by atoms with E-state index in [0.29, 0.717) is 0 Å². The molecule has 0 unspecified atom stereocenters. The first-order chi connectivity index (χ1) is 6.59. The van der Waals surface area contributed by atoms with Gasteiger partial charge >= 0.3 is 5.97 Å². The molecule has 0 saturated carbocycles. The standard InChI is InChI=1S/C7H5ClN4O2/c8-4-2-12-6(11-5(4)9)3(1-10-12)7(13)14/h1-2H,(H2,9,11)(H,13,14). The van der Waals surface area contributed by atoms with E-state index in [-0.39, 0.29) is 22.1 Å². The summed E-state index contributed by atoms with van der Waals surface area (Å²) < 4.78 is 1.27. The number of hydrogen-bond donors (Lipinski definition) is 2. The van der Waals surface area contributed by atoms with Crippen molar-refractivity contribution in [3.63, 3.8) is 0 Å². The number of carboxylic acid groups (broad SMARTS) is 1. The number of nitrogen functional groups attached to an aromatic ring is 1. The van der Waals surface area contributed by atoms with E-state index in [4.69, 9.17) is 22.4 Å². The Morgan fingerprint density at radius 3 is 3.00 bits per heavy atom. The first-order valence-electron chi connectivity index (χ1n) is 3.62. The maximum absolute atomic E-state index is 10.7. The van der Waals surface area contributed by atoms with E-state index in [0.717, 1.165) is 0 Å². The molecule has 3 N–H and O–H groups in total. The third-order valence-corrected chi connectivity index (χ3v) is 2.00. The minimum atomic E-state index is -1.10. The number of carboxylic acids is 1. The molecule has 14 heavy (non-hydrogen) atoms. The van der Waals surface area contributed by atoms with Crippen LogP contribution in [0.4, 0.5) is 5.82 Å². The summed E-state index contributed by atoms with van der Waals surface area (Å²) in [7, 11) is 0. The van der Waals surface area contributed by atoms with Gasteiger partial charge in [-0.15, -0.1) is 0 Å². The van der Waals surface area contributed by atoms with Crippen LogP contribution in [0.2, 0.25) is 5.02 Å². The Bertz CT molecular complexity index is 522. The summed E-state index contributed by atoms with van der Waals surface area (Å²) in [5, 5.41) is 12.8. The molecule has 0 saturated heterocycles. The molecule has 7 heteroatoms. The molecule has 2 aromatic rings. The monoisotopic (exact) mass is 212 g/mol. The van der Waals surface area contributed by atoms with Crippen LogP contribution >= 0.6 is 11.6 Å². The van der Waals surface area contributed by atoms with Crippen molar-refractivity contribution in [3.8, 4) is 0 Å². The average molecular weight is 213 g/mol. The molecule has 0 aliphatic rings. The second-order valence-corrected chi connectivity index (χ2v) is 3.01. The fourth-order valence-electron chi connectivity index (χ4n) is 1.05. The Hall–Kier alpha value is -1.82. The number of halogens is 1. The van der Waals surface area contributed by atoms with Gasteiger partial charge in [0, 0.05) is 0 Å². The van der Waals surface area contributed by atoms with Crippen molar-refractivity contribution < 1.29 is 9.90 Å². The number of aromatic carboxylic acids is 1. The van der Waals surface area contributed by atoms with Gasteiger partial charge in [-0.25, -0.2) is 14.3 Å². The van der Waals surface area contributed by atoms with Crippen LogP contribution < -0.4 is 5.73 Å². The van der Waals surface area contributed by atoms with E-state index in [2.05, 4.69) is 10.1 Å². The first kappa shape index (κ1) is 8.76. The van der Waals surface area contributed by atoms with Crippen LogP contribution in [0.5, 0.6) is 0 Å². The molecule has 0 bridgehead atoms. The molecule has 0 atom stereocenters. The van der Waals surface area contributed by atoms with Gasteiger partial charge in [0.25, 0.3) is 0 Å². The van der Waals surface area contributed by atoms with Crippen molar-refractivity contribution in [1.29, 1.82) is 0 Å². The first-order valence-corrected chi connectivity index (χ1v) is 4.00. The highest BCUT2D eigenvalue weighted by Gasteiger charge is 2.13. The largest absolute Gasteiger partial charge is 0.477 e. The Morgan fingerprint density at radius 2 is 2.36 bits per heavy atom. The molecule has 0 fully saturated rings. The fraction of sp³-hybridized carbons (Fsp3) is 0. The smallest absolute Gasteiger partial charge is 0.341 e. The van der Waals surface area contributed by atoms with Crippen LogP contribution in [0, 0.1) is 0 Å². The number of aromatic nitrogens is 3. The molecule has 2 heterocycles. The molecule has 2 aromatic heterocycles. The molecule has 0 aromatic carbocycles. The number of rotatable bonds is 1. The number of nitrogens with two attached hydrogens (primary N) is 1. The Labute approximate surface area is 82.9 Å². The van der Waals surface area contributed by atoms with Gasteiger partial charge in [-0.05, 0) is 0 Å². The highest BCUT2D eigenvalue weighted by atomic mass is 35.5. The second-order valence-electron chi connectivity index (χ2n) is 2.61. The summed E-state index contributed by atoms with van der Waals surface area (Å²) in [4.78, 5) is 14.5. The summed E-state index contributed by atoms with van der Waals surface area (Å²) in [6, 6.07) is 0. The highest BCUT2D eigenvalue weighted by Crippen LogP contribution is 2.18. The van der Waals surface area contributed by atoms with Crippen LogP contribution in [0.3, 0.4) is 0 Å². The molecular formula is C7H5ClN4O2. The van der Waals surface area contributed by atoms with Gasteiger partial charge in [-0.2, -0.15) is 5.10 Å². The lowest BCUT2D eigenvalue weighted by Crippen LogP contribution is -2.00. The lowest BCUT2D eigenvalue weighted by atomic mass is 10.3. The summed E-state index contributed by atoms with van der Waals surface area (Å²) >= 11 is 5.68. The zero-order valence-corrected chi connectivity index (χ0v) is 7.56. The van der Waals surface area contributed by atoms with E-state index in [9.17, 15) is 4.79 Å². The molecule has 0 amide bonds. The highest BCUT2D eigenvalue weighted by molar-refractivity contribution is 6.32. The van der Waals surface area contributed by atoms with Crippen molar-refractivity contribution in [1.82, 2.24) is 14.6 Å². The number of carbonyl (C=O) groups is 1. The van der Waals surface area contributed by atoms with Crippen molar-refractivity contribution in [2.24, 2.45) is 0 Å². The Morgan fingerprint density at radius 1 is 1.64 bits per heavy atom. The summed E-state index contributed by atoms with van der Waals surface area (Å²) in [6.45, 7) is 0. The maximum Gasteiger partial charge on any atom is 0.341 e. The number of hydrogen-bond acceptors (Lipinski definition) is 4. The van der Waals surface area contributed by atoms with Crippen molar-refractivity contribution in [2.75, 3.05) is 5.73 Å². The summed E-state index contributed by atoms with van der Waals surface area (Å²) in [5.41, 5.74) is 5.61. The topological polar surface area (TPSA) is 93.5 Å². The Balaban J connectivity index is 2.80. The van der Waals surface area contributed by atoms with Gasteiger partial charge in [0.15, 0.2) is 5.65 Å².